The fourth-order valence-electron chi connectivity index (χ4n) is 2.85. The molecular weight excluding hydrogens is 408 g/mol. The van der Waals surface area contributed by atoms with Gasteiger partial charge < -0.3 is 14.6 Å². The number of aromatic nitrogens is 2. The van der Waals surface area contributed by atoms with Crippen molar-refractivity contribution in [1.82, 2.24) is 9.55 Å². The van der Waals surface area contributed by atoms with Crippen molar-refractivity contribution in [1.29, 1.82) is 0 Å². The molecule has 2 N–H and O–H groups in total. The van der Waals surface area contributed by atoms with E-state index < -0.39 is 58.5 Å². The Balaban J connectivity index is 1.82. The Kier molecular flexibility index (Phi) is 5.98. The van der Waals surface area contributed by atoms with Crippen molar-refractivity contribution in [3.8, 4) is 0 Å². The highest BCUT2D eigenvalue weighted by Gasteiger charge is 2.48. The van der Waals surface area contributed by atoms with Crippen LogP contribution in [0.5, 0.6) is 0 Å². The SMILES string of the molecule is CS(=O)(=O)O[C@H]1[C@@H](O)[C@@H](n2ccc(=O)[nH]c2=O)O[C@@H]1COC(=O)c1ccccc1. The van der Waals surface area contributed by atoms with Gasteiger partial charge in [-0.2, -0.15) is 8.42 Å². The predicted molar refractivity (Wildman–Crippen MR) is 97.7 cm³/mol. The smallest absolute Gasteiger partial charge is 0.338 e. The number of hydrogen-bond donors (Lipinski definition) is 2. The summed E-state index contributed by atoms with van der Waals surface area (Å²) in [6.07, 6.45) is -3.74. The number of H-pyrrole nitrogens is 1. The van der Waals surface area contributed by atoms with Crippen LogP contribution in [0.15, 0.2) is 52.2 Å². The highest BCUT2D eigenvalue weighted by molar-refractivity contribution is 7.86. The van der Waals surface area contributed by atoms with Crippen LogP contribution in [0.4, 0.5) is 0 Å². The van der Waals surface area contributed by atoms with Crippen molar-refractivity contribution in [2.75, 3.05) is 12.9 Å². The molecule has 0 radical (unpaired) electrons. The van der Waals surface area contributed by atoms with Crippen LogP contribution in [0, 0.1) is 0 Å². The maximum atomic E-state index is 12.1. The Hall–Kier alpha value is -2.80. The number of benzene rings is 1. The van der Waals surface area contributed by atoms with E-state index in [1.807, 2.05) is 4.98 Å². The molecule has 0 bridgehead atoms. The normalized spacial score (nSPS) is 24.3. The van der Waals surface area contributed by atoms with Gasteiger partial charge in [0, 0.05) is 12.3 Å². The van der Waals surface area contributed by atoms with Gasteiger partial charge in [-0.05, 0) is 12.1 Å². The average Bonchev–Trinajstić information content (AvgIpc) is 2.95. The molecule has 2 aromatic rings. The molecule has 4 atom stereocenters. The summed E-state index contributed by atoms with van der Waals surface area (Å²) in [4.78, 5) is 37.4. The Bertz CT molecular complexity index is 1090. The molecule has 0 saturated carbocycles. The largest absolute Gasteiger partial charge is 0.459 e. The van der Waals surface area contributed by atoms with E-state index in [-0.39, 0.29) is 5.56 Å². The topological polar surface area (TPSA) is 154 Å². The number of rotatable bonds is 6. The molecule has 12 heteroatoms. The molecule has 11 nitrogen and oxygen atoms in total. The van der Waals surface area contributed by atoms with Gasteiger partial charge in [-0.15, -0.1) is 0 Å². The van der Waals surface area contributed by atoms with Gasteiger partial charge in [0.15, 0.2) is 6.23 Å². The first-order valence-corrected chi connectivity index (χ1v) is 10.2. The lowest BCUT2D eigenvalue weighted by Gasteiger charge is -2.19. The summed E-state index contributed by atoms with van der Waals surface area (Å²) in [6.45, 7) is -0.445. The van der Waals surface area contributed by atoms with E-state index in [0.29, 0.717) is 0 Å². The van der Waals surface area contributed by atoms with Crippen LogP contribution in [0.3, 0.4) is 0 Å². The van der Waals surface area contributed by atoms with Gasteiger partial charge in [0.2, 0.25) is 0 Å². The minimum Gasteiger partial charge on any atom is -0.459 e. The third-order valence-electron chi connectivity index (χ3n) is 4.11. The van der Waals surface area contributed by atoms with Gasteiger partial charge in [0.05, 0.1) is 11.8 Å². The Morgan fingerprint density at radius 1 is 1.24 bits per heavy atom. The van der Waals surface area contributed by atoms with Gasteiger partial charge in [-0.25, -0.2) is 9.59 Å². The van der Waals surface area contributed by atoms with E-state index >= 15 is 0 Å². The minimum absolute atomic E-state index is 0.264. The quantitative estimate of drug-likeness (QED) is 0.437. The molecule has 2 heterocycles. The highest BCUT2D eigenvalue weighted by Crippen LogP contribution is 2.31. The van der Waals surface area contributed by atoms with Crippen molar-refractivity contribution >= 4 is 16.1 Å². The van der Waals surface area contributed by atoms with Crippen LogP contribution in [0.1, 0.15) is 16.6 Å². The summed E-state index contributed by atoms with van der Waals surface area (Å²) in [5.74, 6) is -0.688. The molecule has 1 aliphatic rings. The maximum absolute atomic E-state index is 12.1. The lowest BCUT2D eigenvalue weighted by molar-refractivity contribution is -0.0589. The number of nitrogens with one attached hydrogen (secondary N) is 1. The summed E-state index contributed by atoms with van der Waals surface area (Å²) in [5, 5.41) is 10.5. The van der Waals surface area contributed by atoms with Crippen molar-refractivity contribution in [2.45, 2.75) is 24.5 Å². The van der Waals surface area contributed by atoms with Crippen LogP contribution in [0.2, 0.25) is 0 Å². The first-order valence-electron chi connectivity index (χ1n) is 8.41. The Morgan fingerprint density at radius 3 is 2.55 bits per heavy atom. The lowest BCUT2D eigenvalue weighted by atomic mass is 10.1. The number of aliphatic hydroxyl groups excluding tert-OH is 1. The molecule has 1 fully saturated rings. The molecule has 0 unspecified atom stereocenters. The van der Waals surface area contributed by atoms with Gasteiger partial charge >= 0.3 is 11.7 Å². The van der Waals surface area contributed by atoms with E-state index in [1.54, 1.807) is 18.2 Å². The summed E-state index contributed by atoms with van der Waals surface area (Å²) in [5.41, 5.74) is -1.27. The van der Waals surface area contributed by atoms with E-state index in [2.05, 4.69) is 0 Å². The minimum atomic E-state index is -4.01. The average molecular weight is 426 g/mol. The Morgan fingerprint density at radius 2 is 1.93 bits per heavy atom. The number of ether oxygens (including phenoxy) is 2. The second kappa shape index (κ2) is 8.29. The molecule has 1 aromatic heterocycles. The van der Waals surface area contributed by atoms with Crippen LogP contribution in [-0.2, 0) is 23.8 Å². The molecule has 1 aliphatic heterocycles. The third kappa shape index (κ3) is 4.98. The van der Waals surface area contributed by atoms with Crippen LogP contribution in [0.25, 0.3) is 0 Å². The van der Waals surface area contributed by atoms with Crippen molar-refractivity contribution < 1.29 is 32.0 Å². The second-order valence-electron chi connectivity index (χ2n) is 6.30. The summed E-state index contributed by atoms with van der Waals surface area (Å²) in [6, 6.07) is 9.09. The van der Waals surface area contributed by atoms with E-state index in [1.165, 1.54) is 12.1 Å². The van der Waals surface area contributed by atoms with Crippen LogP contribution >= 0.6 is 0 Å². The van der Waals surface area contributed by atoms with Gasteiger partial charge in [-0.3, -0.25) is 18.5 Å². The predicted octanol–water partition coefficient (Wildman–Crippen LogP) is -1.00. The molecule has 0 aliphatic carbocycles. The maximum Gasteiger partial charge on any atom is 0.338 e. The fraction of sp³-hybridized carbons (Fsp3) is 0.353. The van der Waals surface area contributed by atoms with Gasteiger partial charge in [-0.1, -0.05) is 18.2 Å². The van der Waals surface area contributed by atoms with E-state index in [4.69, 9.17) is 13.7 Å². The summed E-state index contributed by atoms with van der Waals surface area (Å²) >= 11 is 0. The number of carbonyl (C=O) groups is 1. The number of hydrogen-bond acceptors (Lipinski definition) is 9. The molecular formula is C17H18N2O9S. The van der Waals surface area contributed by atoms with Crippen molar-refractivity contribution in [3.05, 3.63) is 69.0 Å². The van der Waals surface area contributed by atoms with E-state index in [0.717, 1.165) is 23.1 Å². The molecule has 0 spiro atoms. The molecule has 1 aromatic carbocycles. The van der Waals surface area contributed by atoms with E-state index in [9.17, 15) is 27.9 Å². The molecule has 0 amide bonds. The van der Waals surface area contributed by atoms with Gasteiger partial charge in [0.1, 0.15) is 24.9 Å². The zero-order valence-corrected chi connectivity index (χ0v) is 15.9. The molecule has 29 heavy (non-hydrogen) atoms. The first kappa shape index (κ1) is 20.9. The number of esters is 1. The fourth-order valence-corrected chi connectivity index (χ4v) is 3.49. The van der Waals surface area contributed by atoms with Crippen LogP contribution < -0.4 is 11.2 Å². The third-order valence-corrected chi connectivity index (χ3v) is 4.68. The number of aromatic amines is 1. The zero-order chi connectivity index (χ0) is 21.2. The standard InChI is InChI=1S/C17H18N2O9S/c1-29(24,25)28-14-11(9-26-16(22)10-5-3-2-4-6-10)27-15(13(14)21)19-8-7-12(20)18-17(19)23/h2-8,11,13-15,21H,9H2,1H3,(H,18,20,23)/t11-,13-,14-,15+/m1/s1. The second-order valence-corrected chi connectivity index (χ2v) is 7.90. The highest BCUT2D eigenvalue weighted by atomic mass is 32.2. The monoisotopic (exact) mass is 426 g/mol. The molecule has 156 valence electrons. The van der Waals surface area contributed by atoms with Crippen molar-refractivity contribution in [2.24, 2.45) is 0 Å². The van der Waals surface area contributed by atoms with Crippen LogP contribution in [-0.4, -0.2) is 60.2 Å². The number of nitrogens with zero attached hydrogens (tertiary/aromatic N) is 1. The number of carbonyl (C=O) groups excluding carboxylic acids is 1. The number of aliphatic hydroxyl groups is 1. The summed E-state index contributed by atoms with van der Waals surface area (Å²) < 4.78 is 39.6. The molecule has 3 rings (SSSR count). The summed E-state index contributed by atoms with van der Waals surface area (Å²) in [7, 11) is -4.01. The van der Waals surface area contributed by atoms with Gasteiger partial charge in [0.25, 0.3) is 15.7 Å². The van der Waals surface area contributed by atoms with Crippen molar-refractivity contribution in [3.63, 3.8) is 0 Å². The Labute approximate surface area is 164 Å². The zero-order valence-electron chi connectivity index (χ0n) is 15.1. The first-order chi connectivity index (χ1) is 13.7. The lowest BCUT2D eigenvalue weighted by Crippen LogP contribution is -2.40. The molecule has 1 saturated heterocycles.